The van der Waals surface area contributed by atoms with Gasteiger partial charge in [-0.15, -0.1) is 0 Å². The molecule has 1 aromatic carbocycles. The van der Waals surface area contributed by atoms with Gasteiger partial charge in [0.2, 0.25) is 5.13 Å². The normalized spacial score (nSPS) is 10.7. The zero-order chi connectivity index (χ0) is 18.2. The number of esters is 1. The van der Waals surface area contributed by atoms with Crippen molar-refractivity contribution < 1.29 is 19.0 Å². The summed E-state index contributed by atoms with van der Waals surface area (Å²) in [5.74, 6) is 1.02. The third-order valence-corrected chi connectivity index (χ3v) is 4.17. The maximum absolute atomic E-state index is 11.6. The fraction of sp³-hybridized carbons (Fsp3) is 0.353. The smallest absolute Gasteiger partial charge is 0.350 e. The molecular formula is C17H21N3O4S. The average Bonchev–Trinajstić information content (AvgIpc) is 2.97. The number of anilines is 1. The summed E-state index contributed by atoms with van der Waals surface area (Å²) in [5.41, 5.74) is 4.23. The number of hydrazone groups is 1. The van der Waals surface area contributed by atoms with E-state index in [1.807, 2.05) is 32.0 Å². The highest BCUT2D eigenvalue weighted by molar-refractivity contribution is 7.17. The summed E-state index contributed by atoms with van der Waals surface area (Å²) < 4.78 is 15.8. The van der Waals surface area contributed by atoms with E-state index in [-0.39, 0.29) is 0 Å². The van der Waals surface area contributed by atoms with E-state index in [1.54, 1.807) is 13.1 Å². The maximum atomic E-state index is 11.6. The van der Waals surface area contributed by atoms with Gasteiger partial charge >= 0.3 is 5.97 Å². The minimum absolute atomic E-state index is 0.405. The lowest BCUT2D eigenvalue weighted by molar-refractivity contribution is 0.0605. The number of methoxy groups -OCH3 is 1. The van der Waals surface area contributed by atoms with Gasteiger partial charge in [0, 0.05) is 11.6 Å². The zero-order valence-corrected chi connectivity index (χ0v) is 15.5. The number of carbonyl (C=O) groups is 1. The van der Waals surface area contributed by atoms with Gasteiger partial charge in [0.15, 0.2) is 0 Å². The topological polar surface area (TPSA) is 82.0 Å². The van der Waals surface area contributed by atoms with Gasteiger partial charge in [-0.25, -0.2) is 9.78 Å². The molecule has 0 spiro atoms. The lowest BCUT2D eigenvalue weighted by Gasteiger charge is -2.09. The minimum atomic E-state index is -0.405. The number of rotatable bonds is 8. The van der Waals surface area contributed by atoms with Gasteiger partial charge < -0.3 is 14.2 Å². The quantitative estimate of drug-likeness (QED) is 0.439. The molecule has 0 amide bonds. The Hall–Kier alpha value is -2.61. The molecular weight excluding hydrogens is 342 g/mol. The van der Waals surface area contributed by atoms with E-state index >= 15 is 0 Å². The van der Waals surface area contributed by atoms with E-state index in [1.165, 1.54) is 18.4 Å². The van der Waals surface area contributed by atoms with Crippen LogP contribution in [0.25, 0.3) is 0 Å². The van der Waals surface area contributed by atoms with Crippen LogP contribution in [0.15, 0.2) is 23.3 Å². The molecule has 8 heteroatoms. The Morgan fingerprint density at radius 1 is 1.32 bits per heavy atom. The molecule has 0 radical (unpaired) electrons. The molecule has 0 aliphatic heterocycles. The van der Waals surface area contributed by atoms with Crippen molar-refractivity contribution in [3.63, 3.8) is 0 Å². The molecule has 2 aromatic rings. The first kappa shape index (κ1) is 18.7. The van der Waals surface area contributed by atoms with Crippen LogP contribution in [0, 0.1) is 6.92 Å². The predicted molar refractivity (Wildman–Crippen MR) is 98.2 cm³/mol. The van der Waals surface area contributed by atoms with Gasteiger partial charge in [-0.05, 0) is 32.9 Å². The van der Waals surface area contributed by atoms with Gasteiger partial charge in [-0.1, -0.05) is 11.3 Å². The van der Waals surface area contributed by atoms with Crippen molar-refractivity contribution in [2.75, 3.05) is 25.7 Å². The number of hydrogen-bond acceptors (Lipinski definition) is 8. The average molecular weight is 363 g/mol. The molecule has 1 N–H and O–H groups in total. The van der Waals surface area contributed by atoms with E-state index in [0.717, 1.165) is 11.3 Å². The Balaban J connectivity index is 2.12. The van der Waals surface area contributed by atoms with Gasteiger partial charge in [-0.2, -0.15) is 5.10 Å². The van der Waals surface area contributed by atoms with Crippen LogP contribution < -0.4 is 14.9 Å². The molecule has 0 atom stereocenters. The molecule has 0 saturated heterocycles. The molecule has 0 saturated carbocycles. The molecule has 1 heterocycles. The van der Waals surface area contributed by atoms with Gasteiger partial charge in [-0.3, -0.25) is 5.43 Å². The fourth-order valence-electron chi connectivity index (χ4n) is 2.04. The largest absolute Gasteiger partial charge is 0.494 e. The highest BCUT2D eigenvalue weighted by atomic mass is 32.1. The van der Waals surface area contributed by atoms with Crippen LogP contribution >= 0.6 is 11.3 Å². The first-order chi connectivity index (χ1) is 12.1. The summed E-state index contributed by atoms with van der Waals surface area (Å²) in [6.45, 7) is 6.72. The summed E-state index contributed by atoms with van der Waals surface area (Å²) in [6, 6.07) is 5.56. The highest BCUT2D eigenvalue weighted by Gasteiger charge is 2.15. The number of aromatic nitrogens is 1. The van der Waals surface area contributed by atoms with Crippen molar-refractivity contribution in [1.29, 1.82) is 0 Å². The highest BCUT2D eigenvalue weighted by Crippen LogP contribution is 2.25. The molecule has 1 aromatic heterocycles. The van der Waals surface area contributed by atoms with Crippen molar-refractivity contribution in [3.05, 3.63) is 34.3 Å². The second-order valence-corrected chi connectivity index (χ2v) is 5.86. The third kappa shape index (κ3) is 4.93. The van der Waals surface area contributed by atoms with Crippen LogP contribution in [0.2, 0.25) is 0 Å². The lowest BCUT2D eigenvalue weighted by Crippen LogP contribution is -1.99. The SMILES string of the molecule is CCOc1ccc(/C=N\Nc2nc(C)c(C(=O)OC)s2)c(OCC)c1. The van der Waals surface area contributed by atoms with E-state index in [2.05, 4.69) is 15.5 Å². The van der Waals surface area contributed by atoms with Crippen LogP contribution in [0.1, 0.15) is 34.8 Å². The number of carbonyl (C=O) groups excluding carboxylic acids is 1. The molecule has 2 rings (SSSR count). The number of nitrogens with one attached hydrogen (secondary N) is 1. The van der Waals surface area contributed by atoms with Crippen molar-refractivity contribution in [1.82, 2.24) is 4.98 Å². The van der Waals surface area contributed by atoms with Crippen LogP contribution in [0.3, 0.4) is 0 Å². The number of ether oxygens (including phenoxy) is 3. The molecule has 0 aliphatic rings. The zero-order valence-electron chi connectivity index (χ0n) is 14.7. The first-order valence-corrected chi connectivity index (χ1v) is 8.65. The van der Waals surface area contributed by atoms with Crippen molar-refractivity contribution >= 4 is 28.7 Å². The molecule has 0 fully saturated rings. The van der Waals surface area contributed by atoms with Gasteiger partial charge in [0.25, 0.3) is 0 Å². The Labute approximate surface area is 150 Å². The number of benzene rings is 1. The van der Waals surface area contributed by atoms with Crippen LogP contribution in [-0.2, 0) is 4.74 Å². The number of nitrogens with zero attached hydrogens (tertiary/aromatic N) is 2. The Morgan fingerprint density at radius 3 is 2.76 bits per heavy atom. The molecule has 0 aliphatic carbocycles. The minimum Gasteiger partial charge on any atom is -0.494 e. The predicted octanol–water partition coefficient (Wildman–Crippen LogP) is 3.48. The second-order valence-electron chi connectivity index (χ2n) is 4.86. The van der Waals surface area contributed by atoms with Gasteiger partial charge in [0.05, 0.1) is 32.2 Å². The Morgan fingerprint density at radius 2 is 2.08 bits per heavy atom. The van der Waals surface area contributed by atoms with E-state index in [0.29, 0.717) is 34.7 Å². The van der Waals surface area contributed by atoms with Crippen LogP contribution in [0.5, 0.6) is 11.5 Å². The summed E-state index contributed by atoms with van der Waals surface area (Å²) in [7, 11) is 1.34. The molecule has 0 bridgehead atoms. The fourth-order valence-corrected chi connectivity index (χ4v) is 2.88. The number of thiazole rings is 1. The molecule has 7 nitrogen and oxygen atoms in total. The summed E-state index contributed by atoms with van der Waals surface area (Å²) in [4.78, 5) is 16.3. The number of hydrogen-bond donors (Lipinski definition) is 1. The summed E-state index contributed by atoms with van der Waals surface area (Å²) >= 11 is 1.19. The third-order valence-electron chi connectivity index (χ3n) is 3.13. The van der Waals surface area contributed by atoms with Crippen LogP contribution in [-0.4, -0.2) is 37.5 Å². The van der Waals surface area contributed by atoms with Crippen molar-refractivity contribution in [2.24, 2.45) is 5.10 Å². The van der Waals surface area contributed by atoms with Crippen molar-refractivity contribution in [3.8, 4) is 11.5 Å². The van der Waals surface area contributed by atoms with E-state index in [4.69, 9.17) is 14.2 Å². The maximum Gasteiger partial charge on any atom is 0.350 e. The standard InChI is InChI=1S/C17H21N3O4S/c1-5-23-13-8-7-12(14(9-13)24-6-2)10-18-20-17-19-11(3)15(25-17)16(21)22-4/h7-10H,5-6H2,1-4H3,(H,19,20)/b18-10-. The monoisotopic (exact) mass is 363 g/mol. The first-order valence-electron chi connectivity index (χ1n) is 7.83. The lowest BCUT2D eigenvalue weighted by atomic mass is 10.2. The second kappa shape index (κ2) is 9.03. The Bertz CT molecular complexity index is 758. The number of aryl methyl sites for hydroxylation is 1. The van der Waals surface area contributed by atoms with Crippen molar-refractivity contribution in [2.45, 2.75) is 20.8 Å². The summed E-state index contributed by atoms with van der Waals surface area (Å²) in [5, 5.41) is 4.68. The van der Waals surface area contributed by atoms with Crippen LogP contribution in [0.4, 0.5) is 5.13 Å². The van der Waals surface area contributed by atoms with E-state index in [9.17, 15) is 4.79 Å². The van der Waals surface area contributed by atoms with Gasteiger partial charge in [0.1, 0.15) is 16.4 Å². The molecule has 25 heavy (non-hydrogen) atoms. The summed E-state index contributed by atoms with van der Waals surface area (Å²) in [6.07, 6.45) is 1.63. The van der Waals surface area contributed by atoms with E-state index < -0.39 is 5.97 Å². The molecule has 134 valence electrons. The molecule has 0 unspecified atom stereocenters. The Kier molecular flexibility index (Phi) is 6.76.